The molecule has 0 fully saturated rings. The van der Waals surface area contributed by atoms with E-state index in [4.69, 9.17) is 0 Å². The van der Waals surface area contributed by atoms with E-state index >= 15 is 0 Å². The molecule has 16 heavy (non-hydrogen) atoms. The number of aromatic nitrogens is 2. The summed E-state index contributed by atoms with van der Waals surface area (Å²) in [6.07, 6.45) is 3.89. The first-order chi connectivity index (χ1) is 7.79. The molecule has 0 atom stereocenters. The second-order valence-electron chi connectivity index (χ2n) is 3.30. The van der Waals surface area contributed by atoms with Crippen LogP contribution >= 0.6 is 23.1 Å². The van der Waals surface area contributed by atoms with E-state index in [0.717, 1.165) is 23.0 Å². The van der Waals surface area contributed by atoms with Crippen LogP contribution in [0.1, 0.15) is 10.6 Å². The molecule has 0 unspecified atom stereocenters. The van der Waals surface area contributed by atoms with Crippen LogP contribution in [0.4, 0.5) is 5.69 Å². The summed E-state index contributed by atoms with van der Waals surface area (Å²) in [5.41, 5.74) is 4.03. The van der Waals surface area contributed by atoms with Crippen molar-refractivity contribution in [2.24, 2.45) is 0 Å². The third-order valence-corrected chi connectivity index (χ3v) is 3.84. The molecule has 84 valence electrons. The number of thioether (sulfide) groups is 1. The molecule has 0 amide bonds. The van der Waals surface area contributed by atoms with E-state index in [0.29, 0.717) is 0 Å². The standard InChI is InChI=1S/C11H13N3S2/c1-8-10(16-7-14-8)6-12-9-3-4-11(15-2)13-5-9/h3-5,7,12H,6H2,1-2H3. The minimum Gasteiger partial charge on any atom is -0.379 e. The molecule has 2 rings (SSSR count). The van der Waals surface area contributed by atoms with E-state index in [1.54, 1.807) is 23.1 Å². The summed E-state index contributed by atoms with van der Waals surface area (Å²) in [6.45, 7) is 2.85. The third-order valence-electron chi connectivity index (χ3n) is 2.24. The van der Waals surface area contributed by atoms with E-state index in [-0.39, 0.29) is 0 Å². The molecule has 2 heterocycles. The first kappa shape index (κ1) is 11.4. The van der Waals surface area contributed by atoms with Crippen molar-refractivity contribution >= 4 is 28.8 Å². The molecule has 0 radical (unpaired) electrons. The molecule has 0 aromatic carbocycles. The SMILES string of the molecule is CSc1ccc(NCc2scnc2C)cn1. The number of pyridine rings is 1. The zero-order chi connectivity index (χ0) is 11.4. The van der Waals surface area contributed by atoms with Gasteiger partial charge >= 0.3 is 0 Å². The highest BCUT2D eigenvalue weighted by molar-refractivity contribution is 7.98. The summed E-state index contributed by atoms with van der Waals surface area (Å²) in [5, 5.41) is 4.38. The maximum atomic E-state index is 4.31. The Morgan fingerprint density at radius 2 is 2.25 bits per heavy atom. The van der Waals surface area contributed by atoms with Crippen molar-refractivity contribution < 1.29 is 0 Å². The number of anilines is 1. The number of nitrogens with one attached hydrogen (secondary N) is 1. The van der Waals surface area contributed by atoms with Gasteiger partial charge in [-0.2, -0.15) is 0 Å². The Labute approximate surface area is 103 Å². The highest BCUT2D eigenvalue weighted by Crippen LogP contribution is 2.17. The Bertz CT molecular complexity index is 451. The molecule has 1 N–H and O–H groups in total. The van der Waals surface area contributed by atoms with Crippen LogP contribution < -0.4 is 5.32 Å². The van der Waals surface area contributed by atoms with Crippen LogP contribution in [0, 0.1) is 6.92 Å². The first-order valence-corrected chi connectivity index (χ1v) is 7.03. The Hall–Kier alpha value is -1.07. The van der Waals surface area contributed by atoms with E-state index in [1.807, 2.05) is 31.0 Å². The Morgan fingerprint density at radius 1 is 1.38 bits per heavy atom. The van der Waals surface area contributed by atoms with Crippen molar-refractivity contribution in [3.8, 4) is 0 Å². The highest BCUT2D eigenvalue weighted by atomic mass is 32.2. The second kappa shape index (κ2) is 5.32. The van der Waals surface area contributed by atoms with Crippen LogP contribution in [-0.2, 0) is 6.54 Å². The van der Waals surface area contributed by atoms with Crippen molar-refractivity contribution in [1.82, 2.24) is 9.97 Å². The monoisotopic (exact) mass is 251 g/mol. The number of nitrogens with zero attached hydrogens (tertiary/aromatic N) is 2. The lowest BCUT2D eigenvalue weighted by molar-refractivity contribution is 1.09. The molecule has 0 saturated heterocycles. The summed E-state index contributed by atoms with van der Waals surface area (Å²) in [4.78, 5) is 9.80. The summed E-state index contributed by atoms with van der Waals surface area (Å²) in [7, 11) is 0. The Kier molecular flexibility index (Phi) is 3.79. The van der Waals surface area contributed by atoms with Crippen LogP contribution in [0.15, 0.2) is 28.9 Å². The van der Waals surface area contributed by atoms with Gasteiger partial charge in [-0.3, -0.25) is 0 Å². The normalized spacial score (nSPS) is 10.4. The largest absolute Gasteiger partial charge is 0.379 e. The summed E-state index contributed by atoms with van der Waals surface area (Å²) < 4.78 is 0. The average molecular weight is 251 g/mol. The van der Waals surface area contributed by atoms with Gasteiger partial charge < -0.3 is 5.32 Å². The van der Waals surface area contributed by atoms with Gasteiger partial charge in [0.05, 0.1) is 34.7 Å². The van der Waals surface area contributed by atoms with E-state index < -0.39 is 0 Å². The van der Waals surface area contributed by atoms with Crippen molar-refractivity contribution in [3.63, 3.8) is 0 Å². The van der Waals surface area contributed by atoms with Gasteiger partial charge in [0.1, 0.15) is 0 Å². The zero-order valence-electron chi connectivity index (χ0n) is 9.23. The smallest absolute Gasteiger partial charge is 0.0958 e. The molecule has 2 aromatic rings. The topological polar surface area (TPSA) is 37.8 Å². The molecule has 0 aliphatic carbocycles. The highest BCUT2D eigenvalue weighted by Gasteiger charge is 2.01. The summed E-state index contributed by atoms with van der Waals surface area (Å²) in [6, 6.07) is 4.07. The lowest BCUT2D eigenvalue weighted by Crippen LogP contribution is -1.99. The Balaban J connectivity index is 1.97. The fourth-order valence-electron chi connectivity index (χ4n) is 1.28. The Morgan fingerprint density at radius 3 is 2.81 bits per heavy atom. The van der Waals surface area contributed by atoms with Crippen molar-refractivity contribution in [2.45, 2.75) is 18.5 Å². The van der Waals surface area contributed by atoms with Gasteiger partial charge in [-0.25, -0.2) is 9.97 Å². The van der Waals surface area contributed by atoms with E-state index in [1.165, 1.54) is 4.88 Å². The van der Waals surface area contributed by atoms with Crippen LogP contribution in [0.2, 0.25) is 0 Å². The van der Waals surface area contributed by atoms with Gasteiger partial charge in [0, 0.05) is 4.88 Å². The minimum atomic E-state index is 0.816. The summed E-state index contributed by atoms with van der Waals surface area (Å²) >= 11 is 3.33. The molecule has 0 saturated carbocycles. The lowest BCUT2D eigenvalue weighted by atomic mass is 10.3. The fraction of sp³-hybridized carbons (Fsp3) is 0.273. The molecule has 5 heteroatoms. The van der Waals surface area contributed by atoms with Crippen LogP contribution in [0.3, 0.4) is 0 Å². The summed E-state index contributed by atoms with van der Waals surface area (Å²) in [5.74, 6) is 0. The maximum absolute atomic E-state index is 4.31. The molecule has 0 spiro atoms. The van der Waals surface area contributed by atoms with E-state index in [2.05, 4.69) is 21.4 Å². The molecule has 3 nitrogen and oxygen atoms in total. The molecular weight excluding hydrogens is 238 g/mol. The van der Waals surface area contributed by atoms with Crippen LogP contribution in [0.25, 0.3) is 0 Å². The maximum Gasteiger partial charge on any atom is 0.0958 e. The van der Waals surface area contributed by atoms with Crippen LogP contribution in [-0.4, -0.2) is 16.2 Å². The second-order valence-corrected chi connectivity index (χ2v) is 5.07. The fourth-order valence-corrected chi connectivity index (χ4v) is 2.36. The van der Waals surface area contributed by atoms with Crippen LogP contribution in [0.5, 0.6) is 0 Å². The molecule has 2 aromatic heterocycles. The predicted octanol–water partition coefficient (Wildman–Crippen LogP) is 3.18. The number of hydrogen-bond acceptors (Lipinski definition) is 5. The van der Waals surface area contributed by atoms with Gasteiger partial charge in [-0.15, -0.1) is 23.1 Å². The van der Waals surface area contributed by atoms with Gasteiger partial charge in [0.25, 0.3) is 0 Å². The molecule has 0 aliphatic rings. The van der Waals surface area contributed by atoms with Gasteiger partial charge in [0.15, 0.2) is 0 Å². The molecule has 0 aliphatic heterocycles. The minimum absolute atomic E-state index is 0.816. The number of thiazole rings is 1. The van der Waals surface area contributed by atoms with Crippen molar-refractivity contribution in [2.75, 3.05) is 11.6 Å². The lowest BCUT2D eigenvalue weighted by Gasteiger charge is -2.05. The average Bonchev–Trinajstić information content (AvgIpc) is 2.73. The molecule has 0 bridgehead atoms. The number of hydrogen-bond donors (Lipinski definition) is 1. The zero-order valence-corrected chi connectivity index (χ0v) is 10.9. The predicted molar refractivity (Wildman–Crippen MR) is 70.2 cm³/mol. The van der Waals surface area contributed by atoms with Gasteiger partial charge in [-0.05, 0) is 25.3 Å². The number of aryl methyl sites for hydroxylation is 1. The molecular formula is C11H13N3S2. The first-order valence-electron chi connectivity index (χ1n) is 4.92. The van der Waals surface area contributed by atoms with E-state index in [9.17, 15) is 0 Å². The van der Waals surface area contributed by atoms with Crippen molar-refractivity contribution in [3.05, 3.63) is 34.4 Å². The quantitative estimate of drug-likeness (QED) is 0.847. The van der Waals surface area contributed by atoms with Crippen molar-refractivity contribution in [1.29, 1.82) is 0 Å². The van der Waals surface area contributed by atoms with Gasteiger partial charge in [-0.1, -0.05) is 0 Å². The third kappa shape index (κ3) is 2.74. The van der Waals surface area contributed by atoms with Gasteiger partial charge in [0.2, 0.25) is 0 Å². The number of rotatable bonds is 4.